The number of nitrogens with zero attached hydrogens (tertiary/aromatic N) is 5. The summed E-state index contributed by atoms with van der Waals surface area (Å²) in [6.07, 6.45) is 4.19. The van der Waals surface area contributed by atoms with Crippen molar-refractivity contribution in [2.75, 3.05) is 13.2 Å². The maximum atomic E-state index is 14.9. The third kappa shape index (κ3) is 5.65. The number of esters is 1. The number of aliphatic hydroxyl groups excluding tert-OH is 1. The van der Waals surface area contributed by atoms with Crippen LogP contribution in [0, 0.1) is 11.8 Å². The standard InChI is InChI=1S/C35H37BrN6O7/c1-20(18-43)42-31-33(46)40(19-41-25-14-9-8-13-24(25)38-39-41)16-10-4-7-15-26(44)37-21(2)29(22-11-5-3-6-12-22)48-34(47)27-28(32(42)45)35(31)17-23(36)30(27)49-35/h3-6,8-14,17,20-21,27-31,43H,7,15-16,18-19H2,1-2H3,(H,37,44)/b10-4-/t20-,21+,27-,28+,29-,30-,31-,35+/m1/s1. The van der Waals surface area contributed by atoms with E-state index in [-0.39, 0.29) is 25.5 Å². The molecule has 14 heteroatoms. The smallest absolute Gasteiger partial charge is 0.313 e. The number of carbonyl (C=O) groups excluding carboxylic acids is 4. The Bertz CT molecular complexity index is 1850. The molecule has 2 fully saturated rings. The van der Waals surface area contributed by atoms with E-state index in [2.05, 4.69) is 31.6 Å². The Kier molecular flexibility index (Phi) is 8.88. The Morgan fingerprint density at radius 3 is 2.57 bits per heavy atom. The largest absolute Gasteiger partial charge is 0.455 e. The molecule has 8 atom stereocenters. The molecule has 2 aromatic carbocycles. The highest BCUT2D eigenvalue weighted by Gasteiger charge is 2.75. The minimum absolute atomic E-state index is 0.00694. The highest BCUT2D eigenvalue weighted by atomic mass is 79.9. The molecule has 0 saturated carbocycles. The number of fused-ring (bicyclic) bond motifs is 3. The Morgan fingerprint density at radius 2 is 1.80 bits per heavy atom. The molecule has 4 aliphatic heterocycles. The van der Waals surface area contributed by atoms with Crippen LogP contribution in [0.2, 0.25) is 0 Å². The molecule has 0 unspecified atom stereocenters. The van der Waals surface area contributed by atoms with Gasteiger partial charge in [-0.25, -0.2) is 4.68 Å². The lowest BCUT2D eigenvalue weighted by Crippen LogP contribution is -2.58. The zero-order chi connectivity index (χ0) is 34.4. The first kappa shape index (κ1) is 33.1. The lowest BCUT2D eigenvalue weighted by atomic mass is 9.74. The fourth-order valence-corrected chi connectivity index (χ4v) is 8.32. The number of benzene rings is 2. The molecule has 3 amide bonds. The minimum atomic E-state index is -1.52. The second-order valence-electron chi connectivity index (χ2n) is 13.0. The van der Waals surface area contributed by atoms with Gasteiger partial charge in [-0.15, -0.1) is 5.10 Å². The first-order valence-corrected chi connectivity index (χ1v) is 17.2. The van der Waals surface area contributed by atoms with Crippen molar-refractivity contribution in [1.82, 2.24) is 30.1 Å². The highest BCUT2D eigenvalue weighted by Crippen LogP contribution is 2.59. The molecule has 256 valence electrons. The number of aliphatic hydroxyl groups is 1. The number of aromatic nitrogens is 3. The Hall–Kier alpha value is -4.40. The zero-order valence-electron chi connectivity index (χ0n) is 27.0. The predicted octanol–water partition coefficient (Wildman–Crippen LogP) is 2.61. The molecule has 49 heavy (non-hydrogen) atoms. The van der Waals surface area contributed by atoms with Crippen molar-refractivity contribution in [1.29, 1.82) is 0 Å². The summed E-state index contributed by atoms with van der Waals surface area (Å²) >= 11 is 3.58. The predicted molar refractivity (Wildman–Crippen MR) is 179 cm³/mol. The van der Waals surface area contributed by atoms with Crippen LogP contribution in [-0.4, -0.2) is 96.6 Å². The molecule has 0 aliphatic carbocycles. The summed E-state index contributed by atoms with van der Waals surface area (Å²) in [4.78, 5) is 59.7. The number of likely N-dealkylation sites (tertiary alicyclic amines) is 1. The van der Waals surface area contributed by atoms with Crippen LogP contribution in [-0.2, 0) is 35.3 Å². The molecule has 13 nitrogen and oxygen atoms in total. The molecule has 2 N–H and O–H groups in total. The second-order valence-corrected chi connectivity index (χ2v) is 13.9. The summed E-state index contributed by atoms with van der Waals surface area (Å²) in [5.41, 5.74) is 0.519. The van der Waals surface area contributed by atoms with Gasteiger partial charge in [-0.1, -0.05) is 75.8 Å². The van der Waals surface area contributed by atoms with E-state index in [0.717, 1.165) is 0 Å². The van der Waals surface area contributed by atoms with Crippen molar-refractivity contribution in [3.05, 3.63) is 82.9 Å². The van der Waals surface area contributed by atoms with Crippen molar-refractivity contribution in [2.24, 2.45) is 11.8 Å². The van der Waals surface area contributed by atoms with Gasteiger partial charge in [0.15, 0.2) is 0 Å². The number of hydrogen-bond acceptors (Lipinski definition) is 9. The van der Waals surface area contributed by atoms with E-state index in [0.29, 0.717) is 27.5 Å². The van der Waals surface area contributed by atoms with Gasteiger partial charge in [-0.05, 0) is 44.0 Å². The monoisotopic (exact) mass is 732 g/mol. The van der Waals surface area contributed by atoms with Crippen molar-refractivity contribution in [2.45, 2.75) is 69.3 Å². The van der Waals surface area contributed by atoms with E-state index >= 15 is 0 Å². The number of para-hydroxylation sites is 1. The molecular formula is C35H37BrN6O7. The van der Waals surface area contributed by atoms with Crippen LogP contribution in [0.4, 0.5) is 0 Å². The van der Waals surface area contributed by atoms with E-state index in [9.17, 15) is 24.3 Å². The lowest BCUT2D eigenvalue weighted by Gasteiger charge is -2.37. The van der Waals surface area contributed by atoms with Gasteiger partial charge in [0, 0.05) is 17.4 Å². The number of nitrogens with one attached hydrogen (secondary N) is 1. The fourth-order valence-electron chi connectivity index (χ4n) is 7.58. The third-order valence-electron chi connectivity index (χ3n) is 9.89. The molecule has 0 radical (unpaired) electrons. The molecule has 3 aromatic rings. The summed E-state index contributed by atoms with van der Waals surface area (Å²) in [5, 5.41) is 21.8. The average Bonchev–Trinajstić information content (AvgIpc) is 3.82. The van der Waals surface area contributed by atoms with Crippen LogP contribution in [0.5, 0.6) is 0 Å². The second kappa shape index (κ2) is 13.1. The fraction of sp³-hybridized carbons (Fsp3) is 0.429. The molecule has 1 spiro atoms. The average molecular weight is 734 g/mol. The van der Waals surface area contributed by atoms with E-state index in [1.54, 1.807) is 35.6 Å². The first-order valence-electron chi connectivity index (χ1n) is 16.4. The molecule has 2 saturated heterocycles. The summed E-state index contributed by atoms with van der Waals surface area (Å²) in [5.74, 6) is -4.06. The van der Waals surface area contributed by atoms with Crippen LogP contribution in [0.3, 0.4) is 0 Å². The number of rotatable bonds is 5. The summed E-state index contributed by atoms with van der Waals surface area (Å²) in [6.45, 7) is 3.13. The van der Waals surface area contributed by atoms with Crippen molar-refractivity contribution < 1.29 is 33.8 Å². The van der Waals surface area contributed by atoms with Crippen LogP contribution in [0.1, 0.15) is 38.4 Å². The van der Waals surface area contributed by atoms with Crippen LogP contribution in [0.25, 0.3) is 11.0 Å². The van der Waals surface area contributed by atoms with Gasteiger partial charge in [0.1, 0.15) is 42.0 Å². The van der Waals surface area contributed by atoms with Gasteiger partial charge in [-0.3, -0.25) is 19.2 Å². The molecule has 5 bridgehead atoms. The van der Waals surface area contributed by atoms with Crippen LogP contribution < -0.4 is 5.32 Å². The van der Waals surface area contributed by atoms with E-state index < -0.39 is 72.2 Å². The zero-order valence-corrected chi connectivity index (χ0v) is 28.6. The van der Waals surface area contributed by atoms with E-state index in [1.165, 1.54) is 4.90 Å². The molecular weight excluding hydrogens is 696 g/mol. The van der Waals surface area contributed by atoms with Crippen molar-refractivity contribution in [3.8, 4) is 0 Å². The SMILES string of the molecule is C[C@@H]1NC(=O)CC/C=C\CN(Cn2nnc3ccccc32)C(=O)[C@H]2N([C@H](C)CO)C(=O)[C@@H]3[C@@H](C(=O)O[C@H]1c1ccccc1)[C@@H]1O[C@@]32C=C1Br. The van der Waals surface area contributed by atoms with Crippen molar-refractivity contribution in [3.63, 3.8) is 0 Å². The summed E-state index contributed by atoms with van der Waals surface area (Å²) < 4.78 is 14.9. The Balaban J connectivity index is 1.33. The molecule has 4 aliphatic rings. The van der Waals surface area contributed by atoms with Gasteiger partial charge in [-0.2, -0.15) is 0 Å². The van der Waals surface area contributed by atoms with Gasteiger partial charge < -0.3 is 29.7 Å². The van der Waals surface area contributed by atoms with Gasteiger partial charge in [0.05, 0.1) is 30.1 Å². The van der Waals surface area contributed by atoms with Crippen LogP contribution in [0.15, 0.2) is 77.3 Å². The first-order chi connectivity index (χ1) is 23.6. The molecule has 7 rings (SSSR count). The summed E-state index contributed by atoms with van der Waals surface area (Å²) in [6, 6.07) is 13.9. The van der Waals surface area contributed by atoms with Gasteiger partial charge >= 0.3 is 5.97 Å². The maximum absolute atomic E-state index is 14.9. The topological polar surface area (TPSA) is 156 Å². The Labute approximate surface area is 291 Å². The number of amides is 3. The maximum Gasteiger partial charge on any atom is 0.313 e. The van der Waals surface area contributed by atoms with E-state index in [4.69, 9.17) is 9.47 Å². The Morgan fingerprint density at radius 1 is 1.04 bits per heavy atom. The van der Waals surface area contributed by atoms with Gasteiger partial charge in [0.25, 0.3) is 5.91 Å². The molecule has 1 aromatic heterocycles. The van der Waals surface area contributed by atoms with Crippen molar-refractivity contribution >= 4 is 50.7 Å². The summed E-state index contributed by atoms with van der Waals surface area (Å²) in [7, 11) is 0. The molecule has 5 heterocycles. The normalized spacial score (nSPS) is 31.8. The van der Waals surface area contributed by atoms with Crippen LogP contribution >= 0.6 is 15.9 Å². The number of hydrogen-bond donors (Lipinski definition) is 2. The number of allylic oxidation sites excluding steroid dienone is 1. The lowest BCUT2D eigenvalue weighted by molar-refractivity contribution is -0.162. The number of halogens is 1. The highest BCUT2D eigenvalue weighted by molar-refractivity contribution is 9.11. The third-order valence-corrected chi connectivity index (χ3v) is 10.6. The number of carbonyl (C=O) groups is 4. The van der Waals surface area contributed by atoms with Gasteiger partial charge in [0.2, 0.25) is 11.8 Å². The minimum Gasteiger partial charge on any atom is -0.455 e. The van der Waals surface area contributed by atoms with E-state index in [1.807, 2.05) is 60.7 Å². The quantitative estimate of drug-likeness (QED) is 0.298. The number of ether oxygens (including phenoxy) is 2. The number of cyclic esters (lactones) is 1.